The van der Waals surface area contributed by atoms with Crippen LogP contribution in [0.15, 0.2) is 76.1 Å². The van der Waals surface area contributed by atoms with E-state index in [-0.39, 0.29) is 11.2 Å². The molecular formula is C19H11FO2. The Labute approximate surface area is 125 Å². The molecule has 3 aromatic carbocycles. The van der Waals surface area contributed by atoms with Crippen LogP contribution in [-0.2, 0) is 0 Å². The van der Waals surface area contributed by atoms with Crippen molar-refractivity contribution in [3.8, 4) is 11.1 Å². The largest absolute Gasteiger partial charge is 0.463 e. The van der Waals surface area contributed by atoms with Crippen LogP contribution in [0.25, 0.3) is 32.9 Å². The molecule has 0 saturated heterocycles. The lowest BCUT2D eigenvalue weighted by molar-refractivity contribution is 0.605. The molecule has 0 N–H and O–H groups in total. The lowest BCUT2D eigenvalue weighted by Gasteiger charge is -2.06. The SMILES string of the molecule is O=c1c(-c2ccccc2)coc2ccc3ccc(F)cc3c12. The zero-order chi connectivity index (χ0) is 15.1. The molecule has 0 bridgehead atoms. The van der Waals surface area contributed by atoms with Crippen molar-refractivity contribution in [2.24, 2.45) is 0 Å². The van der Waals surface area contributed by atoms with Gasteiger partial charge in [0.15, 0.2) is 0 Å². The van der Waals surface area contributed by atoms with Gasteiger partial charge in [-0.15, -0.1) is 0 Å². The molecule has 2 nitrogen and oxygen atoms in total. The lowest BCUT2D eigenvalue weighted by Crippen LogP contribution is -2.05. The van der Waals surface area contributed by atoms with Crippen molar-refractivity contribution in [3.63, 3.8) is 0 Å². The molecule has 0 spiro atoms. The molecule has 0 saturated carbocycles. The summed E-state index contributed by atoms with van der Waals surface area (Å²) in [4.78, 5) is 12.9. The van der Waals surface area contributed by atoms with Crippen molar-refractivity contribution in [1.82, 2.24) is 0 Å². The molecule has 1 heterocycles. The van der Waals surface area contributed by atoms with E-state index >= 15 is 0 Å². The maximum Gasteiger partial charge on any atom is 0.201 e. The van der Waals surface area contributed by atoms with Gasteiger partial charge in [0.2, 0.25) is 5.43 Å². The van der Waals surface area contributed by atoms with E-state index in [2.05, 4.69) is 0 Å². The van der Waals surface area contributed by atoms with Gasteiger partial charge in [0, 0.05) is 0 Å². The Bertz CT molecular complexity index is 1050. The molecule has 4 rings (SSSR count). The number of hydrogen-bond donors (Lipinski definition) is 0. The Balaban J connectivity index is 2.16. The van der Waals surface area contributed by atoms with E-state index in [1.54, 1.807) is 12.1 Å². The fourth-order valence-electron chi connectivity index (χ4n) is 2.73. The van der Waals surface area contributed by atoms with Gasteiger partial charge < -0.3 is 4.42 Å². The van der Waals surface area contributed by atoms with Crippen molar-refractivity contribution in [2.45, 2.75) is 0 Å². The van der Waals surface area contributed by atoms with E-state index in [9.17, 15) is 9.18 Å². The first-order valence-electron chi connectivity index (χ1n) is 6.93. The summed E-state index contributed by atoms with van der Waals surface area (Å²) in [5.74, 6) is -0.371. The molecule has 0 amide bonds. The van der Waals surface area contributed by atoms with Gasteiger partial charge in [0.1, 0.15) is 17.7 Å². The summed E-state index contributed by atoms with van der Waals surface area (Å²) in [7, 11) is 0. The first-order chi connectivity index (χ1) is 10.7. The zero-order valence-electron chi connectivity index (χ0n) is 11.5. The van der Waals surface area contributed by atoms with Crippen LogP contribution in [0.4, 0.5) is 4.39 Å². The fraction of sp³-hybridized carbons (Fsp3) is 0. The average molecular weight is 290 g/mol. The maximum atomic E-state index is 13.6. The highest BCUT2D eigenvalue weighted by Gasteiger charge is 2.12. The predicted molar refractivity (Wildman–Crippen MR) is 85.4 cm³/mol. The third-order valence-electron chi connectivity index (χ3n) is 3.81. The molecule has 1 aromatic heterocycles. The third kappa shape index (κ3) is 1.91. The monoisotopic (exact) mass is 290 g/mol. The summed E-state index contributed by atoms with van der Waals surface area (Å²) in [5, 5.41) is 1.80. The second-order valence-electron chi connectivity index (χ2n) is 5.15. The molecule has 106 valence electrons. The van der Waals surface area contributed by atoms with Gasteiger partial charge in [-0.05, 0) is 34.5 Å². The first-order valence-corrected chi connectivity index (χ1v) is 6.93. The first kappa shape index (κ1) is 12.8. The van der Waals surface area contributed by atoms with Crippen LogP contribution in [0.3, 0.4) is 0 Å². The van der Waals surface area contributed by atoms with Gasteiger partial charge in [-0.1, -0.05) is 42.5 Å². The van der Waals surface area contributed by atoms with Gasteiger partial charge in [0.05, 0.1) is 10.9 Å². The highest BCUT2D eigenvalue weighted by Crippen LogP contribution is 2.26. The summed E-state index contributed by atoms with van der Waals surface area (Å²) >= 11 is 0. The lowest BCUT2D eigenvalue weighted by atomic mass is 10.0. The highest BCUT2D eigenvalue weighted by molar-refractivity contribution is 6.06. The molecule has 0 aliphatic heterocycles. The average Bonchev–Trinajstić information content (AvgIpc) is 2.55. The van der Waals surface area contributed by atoms with Crippen LogP contribution in [0, 0.1) is 5.82 Å². The topological polar surface area (TPSA) is 30.2 Å². The second-order valence-corrected chi connectivity index (χ2v) is 5.15. The van der Waals surface area contributed by atoms with Crippen molar-refractivity contribution in [2.75, 3.05) is 0 Å². The van der Waals surface area contributed by atoms with Crippen molar-refractivity contribution in [3.05, 3.63) is 83.0 Å². The van der Waals surface area contributed by atoms with E-state index in [0.717, 1.165) is 10.9 Å². The molecular weight excluding hydrogens is 279 g/mol. The molecule has 22 heavy (non-hydrogen) atoms. The number of halogens is 1. The van der Waals surface area contributed by atoms with Crippen LogP contribution in [0.1, 0.15) is 0 Å². The summed E-state index contributed by atoms with van der Waals surface area (Å²) in [6.45, 7) is 0. The van der Waals surface area contributed by atoms with Crippen molar-refractivity contribution in [1.29, 1.82) is 0 Å². The zero-order valence-corrected chi connectivity index (χ0v) is 11.5. The van der Waals surface area contributed by atoms with Gasteiger partial charge in [-0.3, -0.25) is 4.79 Å². The van der Waals surface area contributed by atoms with E-state index < -0.39 is 0 Å². The molecule has 4 aromatic rings. The molecule has 0 atom stereocenters. The molecule has 0 unspecified atom stereocenters. The van der Waals surface area contributed by atoms with E-state index in [0.29, 0.717) is 21.9 Å². The summed E-state index contributed by atoms with van der Waals surface area (Å²) in [6, 6.07) is 17.3. The number of fused-ring (bicyclic) bond motifs is 3. The number of hydrogen-bond acceptors (Lipinski definition) is 2. The van der Waals surface area contributed by atoms with Gasteiger partial charge in [0.25, 0.3) is 0 Å². The van der Waals surface area contributed by atoms with E-state index in [4.69, 9.17) is 4.42 Å². The van der Waals surface area contributed by atoms with Crippen LogP contribution in [0.5, 0.6) is 0 Å². The number of benzene rings is 3. The van der Waals surface area contributed by atoms with Crippen molar-refractivity contribution >= 4 is 21.7 Å². The molecule has 3 heteroatoms. The van der Waals surface area contributed by atoms with Gasteiger partial charge in [-0.2, -0.15) is 0 Å². The minimum atomic E-state index is -0.371. The van der Waals surface area contributed by atoms with Crippen LogP contribution in [-0.4, -0.2) is 0 Å². The van der Waals surface area contributed by atoms with Crippen LogP contribution < -0.4 is 5.43 Å². The smallest absolute Gasteiger partial charge is 0.201 e. The Morgan fingerprint density at radius 1 is 0.909 bits per heavy atom. The minimum absolute atomic E-state index is 0.149. The van der Waals surface area contributed by atoms with Crippen LogP contribution in [0.2, 0.25) is 0 Å². The van der Waals surface area contributed by atoms with E-state index in [1.807, 2.05) is 36.4 Å². The van der Waals surface area contributed by atoms with Gasteiger partial charge in [-0.25, -0.2) is 4.39 Å². The minimum Gasteiger partial charge on any atom is -0.463 e. The highest BCUT2D eigenvalue weighted by atomic mass is 19.1. The molecule has 0 aliphatic rings. The standard InChI is InChI=1S/C19H11FO2/c20-14-8-6-13-7-9-17-18(15(13)10-14)19(21)16(11-22-17)12-4-2-1-3-5-12/h1-11H. The summed E-state index contributed by atoms with van der Waals surface area (Å²) < 4.78 is 19.2. The molecule has 0 fully saturated rings. The quantitative estimate of drug-likeness (QED) is 0.473. The van der Waals surface area contributed by atoms with Crippen LogP contribution >= 0.6 is 0 Å². The Kier molecular flexibility index (Phi) is 2.79. The van der Waals surface area contributed by atoms with Gasteiger partial charge >= 0.3 is 0 Å². The van der Waals surface area contributed by atoms with E-state index in [1.165, 1.54) is 18.4 Å². The Hall–Kier alpha value is -2.94. The number of rotatable bonds is 1. The fourth-order valence-corrected chi connectivity index (χ4v) is 2.73. The predicted octanol–water partition coefficient (Wildman–Crippen LogP) is 4.75. The van der Waals surface area contributed by atoms with Crippen molar-refractivity contribution < 1.29 is 8.81 Å². The molecule has 0 aliphatic carbocycles. The maximum absolute atomic E-state index is 13.6. The Morgan fingerprint density at radius 3 is 2.50 bits per heavy atom. The summed E-state index contributed by atoms with van der Waals surface area (Å²) in [6.07, 6.45) is 1.46. The normalized spacial score (nSPS) is 11.1. The Morgan fingerprint density at radius 2 is 1.68 bits per heavy atom. The molecule has 0 radical (unpaired) electrons. The summed E-state index contributed by atoms with van der Waals surface area (Å²) in [5.41, 5.74) is 1.57. The third-order valence-corrected chi connectivity index (χ3v) is 3.81. The second kappa shape index (κ2) is 4.81.